The molecule has 1 atom stereocenters. The number of benzene rings is 2. The molecule has 1 amide bonds. The molecule has 0 aromatic heterocycles. The molecule has 2 N–H and O–H groups in total. The van der Waals surface area contributed by atoms with Crippen molar-refractivity contribution < 1.29 is 24.2 Å². The van der Waals surface area contributed by atoms with Crippen molar-refractivity contribution in [3.8, 4) is 11.5 Å². The fraction of sp³-hybridized carbons (Fsp3) is 0.300. The smallest absolute Gasteiger partial charge is 0.316 e. The fourth-order valence-corrected chi connectivity index (χ4v) is 3.39. The van der Waals surface area contributed by atoms with Gasteiger partial charge in [0.2, 0.25) is 0 Å². The van der Waals surface area contributed by atoms with Gasteiger partial charge in [0.05, 0.1) is 19.8 Å². The number of carbonyl (C=O) groups excluding carboxylic acids is 1. The van der Waals surface area contributed by atoms with Gasteiger partial charge in [-0.25, -0.2) is 0 Å². The number of methoxy groups -OCH3 is 2. The first kappa shape index (κ1) is 20.6. The molecule has 6 nitrogen and oxygen atoms in total. The maximum Gasteiger partial charge on any atom is 0.316 e. The number of amides is 1. The molecule has 0 heterocycles. The highest BCUT2D eigenvalue weighted by molar-refractivity contribution is 8.00. The van der Waals surface area contributed by atoms with Crippen LogP contribution in [0.1, 0.15) is 22.8 Å². The van der Waals surface area contributed by atoms with Gasteiger partial charge < -0.3 is 19.9 Å². The van der Waals surface area contributed by atoms with Gasteiger partial charge in [0.15, 0.2) is 0 Å². The Labute approximate surface area is 162 Å². The molecule has 2 aromatic rings. The van der Waals surface area contributed by atoms with Crippen molar-refractivity contribution >= 4 is 23.6 Å². The Kier molecular flexibility index (Phi) is 7.55. The summed E-state index contributed by atoms with van der Waals surface area (Å²) in [6, 6.07) is 12.6. The van der Waals surface area contributed by atoms with Crippen molar-refractivity contribution in [1.82, 2.24) is 5.32 Å². The Bertz CT molecular complexity index is 809. The van der Waals surface area contributed by atoms with E-state index in [0.29, 0.717) is 34.9 Å². The topological polar surface area (TPSA) is 84.9 Å². The first-order valence-corrected chi connectivity index (χ1v) is 9.31. The average Bonchev–Trinajstić information content (AvgIpc) is 2.68. The minimum Gasteiger partial charge on any atom is -0.497 e. The van der Waals surface area contributed by atoms with Crippen molar-refractivity contribution in [3.63, 3.8) is 0 Å². The number of ether oxygens (including phenoxy) is 2. The van der Waals surface area contributed by atoms with Crippen LogP contribution >= 0.6 is 11.8 Å². The summed E-state index contributed by atoms with van der Waals surface area (Å²) in [6.45, 7) is 2.02. The van der Waals surface area contributed by atoms with Crippen LogP contribution in [0, 0.1) is 0 Å². The fourth-order valence-electron chi connectivity index (χ4n) is 2.46. The molecular weight excluding hydrogens is 366 g/mol. The molecule has 1 unspecified atom stereocenters. The molecule has 0 saturated carbocycles. The number of nitrogens with one attached hydrogen (secondary N) is 1. The lowest BCUT2D eigenvalue weighted by atomic mass is 10.1. The van der Waals surface area contributed by atoms with Crippen LogP contribution in [0.25, 0.3) is 0 Å². The summed E-state index contributed by atoms with van der Waals surface area (Å²) < 4.78 is 10.5. The van der Waals surface area contributed by atoms with E-state index in [9.17, 15) is 9.59 Å². The van der Waals surface area contributed by atoms with Gasteiger partial charge in [0.25, 0.3) is 5.91 Å². The van der Waals surface area contributed by atoms with Crippen molar-refractivity contribution in [2.75, 3.05) is 20.8 Å². The third-order valence-corrected chi connectivity index (χ3v) is 5.12. The molecule has 0 fully saturated rings. The Morgan fingerprint density at radius 3 is 2.56 bits per heavy atom. The molecule has 27 heavy (non-hydrogen) atoms. The van der Waals surface area contributed by atoms with E-state index in [-0.39, 0.29) is 5.91 Å². The number of thioether (sulfide) groups is 1. The second-order valence-electron chi connectivity index (χ2n) is 5.78. The van der Waals surface area contributed by atoms with Crippen LogP contribution in [0.15, 0.2) is 47.4 Å². The number of hydrogen-bond acceptors (Lipinski definition) is 5. The van der Waals surface area contributed by atoms with Crippen LogP contribution < -0.4 is 14.8 Å². The van der Waals surface area contributed by atoms with Crippen LogP contribution in [0.2, 0.25) is 0 Å². The van der Waals surface area contributed by atoms with E-state index in [1.165, 1.54) is 0 Å². The molecule has 0 aliphatic carbocycles. The molecule has 7 heteroatoms. The first-order valence-electron chi connectivity index (χ1n) is 8.43. The van der Waals surface area contributed by atoms with Crippen molar-refractivity contribution in [3.05, 3.63) is 53.6 Å². The molecule has 2 aromatic carbocycles. The quantitative estimate of drug-likeness (QED) is 0.641. The highest BCUT2D eigenvalue weighted by atomic mass is 32.2. The summed E-state index contributed by atoms with van der Waals surface area (Å²) in [5.74, 6) is 0.262. The first-order chi connectivity index (χ1) is 13.0. The zero-order valence-corrected chi connectivity index (χ0v) is 16.3. The molecule has 0 aliphatic rings. The number of carbonyl (C=O) groups is 2. The predicted octanol–water partition coefficient (Wildman–Crippen LogP) is 3.24. The number of hydrogen-bond donors (Lipinski definition) is 2. The molecule has 2 rings (SSSR count). The summed E-state index contributed by atoms with van der Waals surface area (Å²) in [5, 5.41) is 11.3. The van der Waals surface area contributed by atoms with Crippen LogP contribution in [0.4, 0.5) is 0 Å². The number of aliphatic carboxylic acids is 1. The highest BCUT2D eigenvalue weighted by Crippen LogP contribution is 2.27. The normalized spacial score (nSPS) is 11.5. The van der Waals surface area contributed by atoms with E-state index in [2.05, 4.69) is 5.32 Å². The molecule has 0 radical (unpaired) electrons. The Morgan fingerprint density at radius 2 is 1.89 bits per heavy atom. The van der Waals surface area contributed by atoms with E-state index in [1.807, 2.05) is 12.1 Å². The molecule has 0 bridgehead atoms. The third kappa shape index (κ3) is 5.65. The third-order valence-electron chi connectivity index (χ3n) is 3.96. The van der Waals surface area contributed by atoms with E-state index in [4.69, 9.17) is 14.6 Å². The Hall–Kier alpha value is -2.67. The van der Waals surface area contributed by atoms with Gasteiger partial charge in [-0.3, -0.25) is 9.59 Å². The maximum atomic E-state index is 12.5. The van der Waals surface area contributed by atoms with E-state index >= 15 is 0 Å². The minimum absolute atomic E-state index is 0.233. The summed E-state index contributed by atoms with van der Waals surface area (Å²) in [6.07, 6.45) is 0.597. The second kappa shape index (κ2) is 9.87. The zero-order valence-electron chi connectivity index (χ0n) is 15.5. The van der Waals surface area contributed by atoms with Gasteiger partial charge in [-0.05, 0) is 37.1 Å². The summed E-state index contributed by atoms with van der Waals surface area (Å²) >= 11 is 1.15. The monoisotopic (exact) mass is 389 g/mol. The van der Waals surface area contributed by atoms with E-state index in [1.54, 1.807) is 51.5 Å². The maximum absolute atomic E-state index is 12.5. The van der Waals surface area contributed by atoms with Gasteiger partial charge >= 0.3 is 5.97 Å². The molecule has 0 aliphatic heterocycles. The molecule has 0 saturated heterocycles. The number of carboxylic acids is 1. The lowest BCUT2D eigenvalue weighted by Crippen LogP contribution is -2.26. The lowest BCUT2D eigenvalue weighted by molar-refractivity contribution is -0.136. The van der Waals surface area contributed by atoms with Crippen LogP contribution in [0.3, 0.4) is 0 Å². The van der Waals surface area contributed by atoms with Gasteiger partial charge in [-0.15, -0.1) is 11.8 Å². The standard InChI is InChI=1S/C20H23NO5S/c1-13(20(23)24)27-18-7-5-4-6-16(18)19(22)21-11-10-14-8-9-15(25-2)12-17(14)26-3/h4-9,12-13H,10-11H2,1-3H3,(H,21,22)(H,23,24). The van der Waals surface area contributed by atoms with Crippen molar-refractivity contribution in [1.29, 1.82) is 0 Å². The Balaban J connectivity index is 2.01. The second-order valence-corrected chi connectivity index (χ2v) is 7.16. The molecular formula is C20H23NO5S. The SMILES string of the molecule is COc1ccc(CCNC(=O)c2ccccc2SC(C)C(=O)O)c(OC)c1. The summed E-state index contributed by atoms with van der Waals surface area (Å²) in [5.41, 5.74) is 1.43. The number of rotatable bonds is 9. The van der Waals surface area contributed by atoms with Gasteiger partial charge in [0, 0.05) is 17.5 Å². The summed E-state index contributed by atoms with van der Waals surface area (Å²) in [4.78, 5) is 24.3. The van der Waals surface area contributed by atoms with Crippen molar-refractivity contribution in [2.45, 2.75) is 23.5 Å². The van der Waals surface area contributed by atoms with Crippen LogP contribution in [-0.2, 0) is 11.2 Å². The molecule has 0 spiro atoms. The predicted molar refractivity (Wildman–Crippen MR) is 105 cm³/mol. The van der Waals surface area contributed by atoms with Crippen LogP contribution in [0.5, 0.6) is 11.5 Å². The van der Waals surface area contributed by atoms with Gasteiger partial charge in [-0.1, -0.05) is 18.2 Å². The van der Waals surface area contributed by atoms with Gasteiger partial charge in [-0.2, -0.15) is 0 Å². The van der Waals surface area contributed by atoms with Crippen molar-refractivity contribution in [2.24, 2.45) is 0 Å². The zero-order chi connectivity index (χ0) is 19.8. The van der Waals surface area contributed by atoms with E-state index in [0.717, 1.165) is 17.3 Å². The molecule has 144 valence electrons. The number of carboxylic acid groups (broad SMARTS) is 1. The minimum atomic E-state index is -0.915. The highest BCUT2D eigenvalue weighted by Gasteiger charge is 2.17. The average molecular weight is 389 g/mol. The van der Waals surface area contributed by atoms with E-state index < -0.39 is 11.2 Å². The largest absolute Gasteiger partial charge is 0.497 e. The van der Waals surface area contributed by atoms with Gasteiger partial charge in [0.1, 0.15) is 16.7 Å². The Morgan fingerprint density at radius 1 is 1.15 bits per heavy atom. The lowest BCUT2D eigenvalue weighted by Gasteiger charge is -2.13. The van der Waals surface area contributed by atoms with Crippen LogP contribution in [-0.4, -0.2) is 43.0 Å². The summed E-state index contributed by atoms with van der Waals surface area (Å²) in [7, 11) is 3.18.